The molecule has 5 nitrogen and oxygen atoms in total. The van der Waals surface area contributed by atoms with Crippen LogP contribution in [0, 0.1) is 11.9 Å². The van der Waals surface area contributed by atoms with Crippen LogP contribution in [0.25, 0.3) is 27.8 Å². The molecule has 34 heavy (non-hydrogen) atoms. The molecule has 5 aromatic rings. The minimum atomic E-state index is -0.893. The Morgan fingerprint density at radius 1 is 0.853 bits per heavy atom. The van der Waals surface area contributed by atoms with Crippen molar-refractivity contribution in [2.75, 3.05) is 7.11 Å². The molecule has 0 fully saturated rings. The fourth-order valence-electron chi connectivity index (χ4n) is 4.12. The lowest BCUT2D eigenvalue weighted by molar-refractivity contribution is 0.414. The van der Waals surface area contributed by atoms with Crippen LogP contribution < -0.4 is 4.74 Å². The third-order valence-corrected chi connectivity index (χ3v) is 5.96. The highest BCUT2D eigenvalue weighted by Crippen LogP contribution is 2.36. The molecule has 3 heterocycles. The van der Waals surface area contributed by atoms with E-state index in [9.17, 15) is 8.78 Å². The van der Waals surface area contributed by atoms with E-state index in [-0.39, 0.29) is 5.56 Å². The summed E-state index contributed by atoms with van der Waals surface area (Å²) in [5.41, 5.74) is 3.26. The van der Waals surface area contributed by atoms with Crippen molar-refractivity contribution in [3.8, 4) is 22.7 Å². The summed E-state index contributed by atoms with van der Waals surface area (Å²) >= 11 is 0. The van der Waals surface area contributed by atoms with Gasteiger partial charge in [-0.2, -0.15) is 18.9 Å². The van der Waals surface area contributed by atoms with Gasteiger partial charge in [0.05, 0.1) is 46.4 Å². The van der Waals surface area contributed by atoms with Crippen molar-refractivity contribution in [2.24, 2.45) is 0 Å². The van der Waals surface area contributed by atoms with Crippen LogP contribution in [0.15, 0.2) is 78.9 Å². The van der Waals surface area contributed by atoms with E-state index in [1.54, 1.807) is 13.2 Å². The van der Waals surface area contributed by atoms with Gasteiger partial charge in [0, 0.05) is 11.5 Å². The molecule has 0 atom stereocenters. The summed E-state index contributed by atoms with van der Waals surface area (Å²) in [4.78, 5) is 8.02. The van der Waals surface area contributed by atoms with E-state index in [1.807, 2.05) is 79.2 Å². The minimum Gasteiger partial charge on any atom is -0.497 e. The van der Waals surface area contributed by atoms with Crippen LogP contribution in [0.3, 0.4) is 0 Å². The second kappa shape index (κ2) is 8.33. The number of halogens is 2. The topological polar surface area (TPSA) is 52.8 Å². The van der Waals surface area contributed by atoms with Gasteiger partial charge in [0.15, 0.2) is 0 Å². The molecule has 0 aliphatic rings. The van der Waals surface area contributed by atoms with Gasteiger partial charge in [0.25, 0.3) is 0 Å². The van der Waals surface area contributed by atoms with E-state index in [2.05, 4.69) is 4.98 Å². The largest absolute Gasteiger partial charge is 0.497 e. The monoisotopic (exact) mass is 456 g/mol. The zero-order valence-electron chi connectivity index (χ0n) is 19.0. The molecule has 0 amide bonds. The SMILES string of the molecule is COc1cccc(-n2nc(C(C)(C)c3cccc(-c4ccc(F)nc4F)n3)c3ccccc32)c1. The third-order valence-electron chi connectivity index (χ3n) is 5.96. The normalized spacial score (nSPS) is 11.7. The molecule has 5 rings (SSSR count). The van der Waals surface area contributed by atoms with Gasteiger partial charge in [-0.25, -0.2) is 4.68 Å². The predicted octanol–water partition coefficient (Wildman–Crippen LogP) is 6.10. The van der Waals surface area contributed by atoms with Gasteiger partial charge >= 0.3 is 0 Å². The molecule has 0 spiro atoms. The lowest BCUT2D eigenvalue weighted by Gasteiger charge is -2.23. The van der Waals surface area contributed by atoms with Crippen molar-refractivity contribution < 1.29 is 13.5 Å². The summed E-state index contributed by atoms with van der Waals surface area (Å²) in [6, 6.07) is 23.6. The van der Waals surface area contributed by atoms with Crippen molar-refractivity contribution in [3.05, 3.63) is 102 Å². The second-order valence-electron chi connectivity index (χ2n) is 8.48. The van der Waals surface area contributed by atoms with Crippen molar-refractivity contribution in [1.82, 2.24) is 19.7 Å². The highest BCUT2D eigenvalue weighted by Gasteiger charge is 2.31. The first-order valence-electron chi connectivity index (χ1n) is 10.8. The molecule has 3 aromatic heterocycles. The Hall–Kier alpha value is -4.13. The predicted molar refractivity (Wildman–Crippen MR) is 127 cm³/mol. The van der Waals surface area contributed by atoms with E-state index in [0.29, 0.717) is 11.4 Å². The smallest absolute Gasteiger partial charge is 0.224 e. The van der Waals surface area contributed by atoms with E-state index in [4.69, 9.17) is 14.8 Å². The molecule has 2 aromatic carbocycles. The van der Waals surface area contributed by atoms with Gasteiger partial charge in [0.1, 0.15) is 5.75 Å². The number of ether oxygens (including phenoxy) is 1. The number of pyridine rings is 2. The fraction of sp³-hybridized carbons (Fsp3) is 0.148. The zero-order valence-corrected chi connectivity index (χ0v) is 19.0. The Kier molecular flexibility index (Phi) is 5.32. The maximum absolute atomic E-state index is 14.3. The molecule has 0 saturated heterocycles. The average Bonchev–Trinajstić information content (AvgIpc) is 3.25. The molecule has 0 bridgehead atoms. The Balaban J connectivity index is 1.65. The maximum Gasteiger partial charge on any atom is 0.224 e. The van der Waals surface area contributed by atoms with Gasteiger partial charge < -0.3 is 4.74 Å². The van der Waals surface area contributed by atoms with Gasteiger partial charge in [-0.1, -0.05) is 30.3 Å². The number of hydrogen-bond donors (Lipinski definition) is 0. The van der Waals surface area contributed by atoms with Gasteiger partial charge in [0.2, 0.25) is 11.9 Å². The number of rotatable bonds is 5. The quantitative estimate of drug-likeness (QED) is 0.300. The zero-order chi connectivity index (χ0) is 23.9. The number of para-hydroxylation sites is 1. The summed E-state index contributed by atoms with van der Waals surface area (Å²) in [6.45, 7) is 4.06. The number of nitrogens with zero attached hydrogens (tertiary/aromatic N) is 4. The van der Waals surface area contributed by atoms with Crippen molar-refractivity contribution in [1.29, 1.82) is 0 Å². The number of fused-ring (bicyclic) bond motifs is 1. The Morgan fingerprint density at radius 3 is 2.44 bits per heavy atom. The van der Waals surface area contributed by atoms with Crippen LogP contribution in [-0.4, -0.2) is 26.9 Å². The van der Waals surface area contributed by atoms with Crippen LogP contribution in [0.4, 0.5) is 8.78 Å². The number of hydrogen-bond acceptors (Lipinski definition) is 4. The first kappa shape index (κ1) is 21.7. The van der Waals surface area contributed by atoms with Crippen molar-refractivity contribution in [3.63, 3.8) is 0 Å². The first-order valence-corrected chi connectivity index (χ1v) is 10.8. The Labute approximate surface area is 195 Å². The van der Waals surface area contributed by atoms with Crippen LogP contribution in [0.2, 0.25) is 0 Å². The average molecular weight is 456 g/mol. The molecule has 0 saturated carbocycles. The van der Waals surface area contributed by atoms with E-state index < -0.39 is 17.3 Å². The second-order valence-corrected chi connectivity index (χ2v) is 8.48. The maximum atomic E-state index is 14.3. The molecule has 0 aliphatic heterocycles. The standard InChI is InChI=1S/C27H22F2N4O/c1-27(2,23-13-7-11-21(30-23)19-14-15-24(28)31-26(19)29)25-20-10-4-5-12-22(20)33(32-25)17-8-6-9-18(16-17)34-3/h4-16H,1-3H3. The number of aromatic nitrogens is 4. The molecule has 0 unspecified atom stereocenters. The molecule has 0 aliphatic carbocycles. The van der Waals surface area contributed by atoms with Crippen LogP contribution in [0.5, 0.6) is 5.75 Å². The summed E-state index contributed by atoms with van der Waals surface area (Å²) < 4.78 is 34.9. The van der Waals surface area contributed by atoms with Crippen molar-refractivity contribution in [2.45, 2.75) is 19.3 Å². The van der Waals surface area contributed by atoms with Crippen LogP contribution in [0.1, 0.15) is 25.2 Å². The minimum absolute atomic E-state index is 0.144. The Bertz CT molecular complexity index is 1510. The van der Waals surface area contributed by atoms with Gasteiger partial charge in [-0.15, -0.1) is 0 Å². The van der Waals surface area contributed by atoms with E-state index in [1.165, 1.54) is 6.07 Å². The summed E-state index contributed by atoms with van der Waals surface area (Å²) in [6.07, 6.45) is 0. The van der Waals surface area contributed by atoms with Crippen LogP contribution >= 0.6 is 0 Å². The molecule has 0 N–H and O–H groups in total. The lowest BCUT2D eigenvalue weighted by atomic mass is 9.83. The first-order chi connectivity index (χ1) is 16.4. The Morgan fingerprint density at radius 2 is 1.65 bits per heavy atom. The lowest BCUT2D eigenvalue weighted by Crippen LogP contribution is -2.22. The molecular formula is C27H22F2N4O. The fourth-order valence-corrected chi connectivity index (χ4v) is 4.12. The highest BCUT2D eigenvalue weighted by atomic mass is 19.1. The molecular weight excluding hydrogens is 434 g/mol. The molecule has 0 radical (unpaired) electrons. The van der Waals surface area contributed by atoms with Gasteiger partial charge in [-0.3, -0.25) is 4.98 Å². The van der Waals surface area contributed by atoms with E-state index >= 15 is 0 Å². The summed E-state index contributed by atoms with van der Waals surface area (Å²) in [5, 5.41) is 5.98. The number of benzene rings is 2. The summed E-state index contributed by atoms with van der Waals surface area (Å²) in [5.74, 6) is -1.02. The third kappa shape index (κ3) is 3.69. The highest BCUT2D eigenvalue weighted by molar-refractivity contribution is 5.85. The molecule has 7 heteroatoms. The summed E-state index contributed by atoms with van der Waals surface area (Å²) in [7, 11) is 1.63. The van der Waals surface area contributed by atoms with E-state index in [0.717, 1.165) is 34.1 Å². The number of methoxy groups -OCH3 is 1. The van der Waals surface area contributed by atoms with Gasteiger partial charge in [-0.05, 0) is 56.3 Å². The molecule has 170 valence electrons. The van der Waals surface area contributed by atoms with Crippen LogP contribution in [-0.2, 0) is 5.41 Å². The van der Waals surface area contributed by atoms with Crippen molar-refractivity contribution >= 4 is 10.9 Å².